The van der Waals surface area contributed by atoms with Gasteiger partial charge in [-0.25, -0.2) is 0 Å². The van der Waals surface area contributed by atoms with Gasteiger partial charge in [0.2, 0.25) is 0 Å². The van der Waals surface area contributed by atoms with E-state index in [-0.39, 0.29) is 6.42 Å². The molecule has 0 aromatic rings. The van der Waals surface area contributed by atoms with Crippen molar-refractivity contribution in [1.82, 2.24) is 0 Å². The zero-order valence-corrected chi connectivity index (χ0v) is 13.8. The number of hydrogen-bond donors (Lipinski definition) is 4. The summed E-state index contributed by atoms with van der Waals surface area (Å²) >= 11 is 0. The van der Waals surface area contributed by atoms with Crippen molar-refractivity contribution in [2.24, 2.45) is 35.5 Å². The standard InChI is InChI=1S/C17H24O8/c18-14(19)10-5-1-3-8(12(10)16(22)23)7-9-4-2-6-11(15(20)21)13(9)17(24)25/h8-13H,1-7H2,(H,18,19)(H,20,21)(H,22,23)(H,24,25). The lowest BCUT2D eigenvalue weighted by molar-refractivity contribution is -0.162. The first-order valence-electron chi connectivity index (χ1n) is 8.65. The summed E-state index contributed by atoms with van der Waals surface area (Å²) in [6, 6.07) is 0. The van der Waals surface area contributed by atoms with Crippen LogP contribution in [0.25, 0.3) is 0 Å². The molecule has 0 bridgehead atoms. The molecule has 2 rings (SSSR count). The van der Waals surface area contributed by atoms with Crippen LogP contribution in [0.4, 0.5) is 0 Å². The van der Waals surface area contributed by atoms with Crippen LogP contribution < -0.4 is 0 Å². The van der Waals surface area contributed by atoms with Gasteiger partial charge in [-0.15, -0.1) is 0 Å². The van der Waals surface area contributed by atoms with Crippen molar-refractivity contribution in [1.29, 1.82) is 0 Å². The minimum absolute atomic E-state index is 0.251. The maximum Gasteiger partial charge on any atom is 0.307 e. The Morgan fingerprint density at radius 3 is 1.24 bits per heavy atom. The molecule has 0 aliphatic heterocycles. The molecular formula is C17H24O8. The molecule has 2 saturated carbocycles. The van der Waals surface area contributed by atoms with E-state index in [1.54, 1.807) is 0 Å². The predicted octanol–water partition coefficient (Wildman–Crippen LogP) is 1.78. The van der Waals surface area contributed by atoms with Gasteiger partial charge in [0, 0.05) is 0 Å². The molecule has 8 heteroatoms. The van der Waals surface area contributed by atoms with E-state index in [2.05, 4.69) is 0 Å². The SMILES string of the molecule is O=C(O)C1CCCC(CC2CCCC(C(=O)O)C2C(=O)O)C1C(=O)O. The highest BCUT2D eigenvalue weighted by atomic mass is 16.4. The van der Waals surface area contributed by atoms with Gasteiger partial charge in [-0.2, -0.15) is 0 Å². The van der Waals surface area contributed by atoms with E-state index in [0.717, 1.165) is 0 Å². The highest BCUT2D eigenvalue weighted by Gasteiger charge is 2.47. The Morgan fingerprint density at radius 1 is 0.600 bits per heavy atom. The molecule has 6 atom stereocenters. The van der Waals surface area contributed by atoms with Crippen LogP contribution >= 0.6 is 0 Å². The second-order valence-corrected chi connectivity index (χ2v) is 7.24. The number of rotatable bonds is 6. The fraction of sp³-hybridized carbons (Fsp3) is 0.765. The number of carboxylic acids is 4. The van der Waals surface area contributed by atoms with Gasteiger partial charge in [-0.05, 0) is 43.9 Å². The fourth-order valence-electron chi connectivity index (χ4n) is 4.79. The normalized spacial score (nSPS) is 35.7. The molecule has 0 heterocycles. The minimum Gasteiger partial charge on any atom is -0.481 e. The van der Waals surface area contributed by atoms with Crippen molar-refractivity contribution in [3.8, 4) is 0 Å². The lowest BCUT2D eigenvalue weighted by Crippen LogP contribution is -2.43. The zero-order valence-electron chi connectivity index (χ0n) is 13.8. The van der Waals surface area contributed by atoms with E-state index in [1.165, 1.54) is 0 Å². The number of hydrogen-bond acceptors (Lipinski definition) is 4. The van der Waals surface area contributed by atoms with Crippen molar-refractivity contribution in [3.05, 3.63) is 0 Å². The van der Waals surface area contributed by atoms with E-state index in [9.17, 15) is 39.6 Å². The van der Waals surface area contributed by atoms with E-state index in [0.29, 0.717) is 38.5 Å². The van der Waals surface area contributed by atoms with Crippen LogP contribution in [0.1, 0.15) is 44.9 Å². The zero-order chi connectivity index (χ0) is 18.7. The maximum absolute atomic E-state index is 11.6. The molecule has 2 aliphatic rings. The van der Waals surface area contributed by atoms with Crippen LogP contribution in [-0.2, 0) is 19.2 Å². The summed E-state index contributed by atoms with van der Waals surface area (Å²) in [5, 5.41) is 37.6. The van der Waals surface area contributed by atoms with Crippen LogP contribution in [-0.4, -0.2) is 44.3 Å². The molecule has 8 nitrogen and oxygen atoms in total. The molecule has 0 aromatic carbocycles. The van der Waals surface area contributed by atoms with E-state index in [1.807, 2.05) is 0 Å². The van der Waals surface area contributed by atoms with Gasteiger partial charge in [0.1, 0.15) is 0 Å². The summed E-state index contributed by atoms with van der Waals surface area (Å²) < 4.78 is 0. The number of aliphatic carboxylic acids is 4. The van der Waals surface area contributed by atoms with Crippen LogP contribution in [0.3, 0.4) is 0 Å². The van der Waals surface area contributed by atoms with Gasteiger partial charge in [-0.3, -0.25) is 19.2 Å². The second kappa shape index (κ2) is 7.84. The van der Waals surface area contributed by atoms with E-state index < -0.39 is 59.4 Å². The summed E-state index contributed by atoms with van der Waals surface area (Å²) in [6.45, 7) is 0. The van der Waals surface area contributed by atoms with Crippen molar-refractivity contribution >= 4 is 23.9 Å². The molecule has 2 aliphatic carbocycles. The lowest BCUT2D eigenvalue weighted by Gasteiger charge is -2.39. The van der Waals surface area contributed by atoms with Gasteiger partial charge in [0.25, 0.3) is 0 Å². The molecule has 0 spiro atoms. The third kappa shape index (κ3) is 4.11. The van der Waals surface area contributed by atoms with Crippen LogP contribution in [0.5, 0.6) is 0 Å². The molecule has 2 fully saturated rings. The third-order valence-corrected chi connectivity index (χ3v) is 5.87. The smallest absolute Gasteiger partial charge is 0.307 e. The monoisotopic (exact) mass is 356 g/mol. The quantitative estimate of drug-likeness (QED) is 0.562. The molecule has 0 aromatic heterocycles. The largest absolute Gasteiger partial charge is 0.481 e. The van der Waals surface area contributed by atoms with Gasteiger partial charge in [0.15, 0.2) is 0 Å². The third-order valence-electron chi connectivity index (χ3n) is 5.87. The first kappa shape index (κ1) is 19.2. The molecule has 4 N–H and O–H groups in total. The van der Waals surface area contributed by atoms with Gasteiger partial charge >= 0.3 is 23.9 Å². The lowest BCUT2D eigenvalue weighted by atomic mass is 9.63. The van der Waals surface area contributed by atoms with E-state index in [4.69, 9.17) is 0 Å². The summed E-state index contributed by atoms with van der Waals surface area (Å²) in [5.41, 5.74) is 0. The molecule has 25 heavy (non-hydrogen) atoms. The Bertz CT molecular complexity index is 509. The van der Waals surface area contributed by atoms with Crippen molar-refractivity contribution < 1.29 is 39.6 Å². The molecular weight excluding hydrogens is 332 g/mol. The van der Waals surface area contributed by atoms with Crippen LogP contribution in [0.15, 0.2) is 0 Å². The second-order valence-electron chi connectivity index (χ2n) is 7.24. The Labute approximate surface area is 144 Å². The van der Waals surface area contributed by atoms with Crippen LogP contribution in [0, 0.1) is 35.5 Å². The summed E-state index contributed by atoms with van der Waals surface area (Å²) in [7, 11) is 0. The van der Waals surface area contributed by atoms with Crippen molar-refractivity contribution in [2.45, 2.75) is 44.9 Å². The predicted molar refractivity (Wildman–Crippen MR) is 83.8 cm³/mol. The van der Waals surface area contributed by atoms with Crippen LogP contribution in [0.2, 0.25) is 0 Å². The minimum atomic E-state index is -1.17. The van der Waals surface area contributed by atoms with E-state index >= 15 is 0 Å². The highest BCUT2D eigenvalue weighted by molar-refractivity contribution is 5.81. The maximum atomic E-state index is 11.6. The first-order chi connectivity index (χ1) is 11.7. The van der Waals surface area contributed by atoms with Crippen molar-refractivity contribution in [2.75, 3.05) is 0 Å². The van der Waals surface area contributed by atoms with Gasteiger partial charge in [0.05, 0.1) is 23.7 Å². The average molecular weight is 356 g/mol. The number of carbonyl (C=O) groups is 4. The molecule has 0 radical (unpaired) electrons. The van der Waals surface area contributed by atoms with Crippen molar-refractivity contribution in [3.63, 3.8) is 0 Å². The average Bonchev–Trinajstić information content (AvgIpc) is 2.53. The van der Waals surface area contributed by atoms with Gasteiger partial charge in [-0.1, -0.05) is 12.8 Å². The van der Waals surface area contributed by atoms with Gasteiger partial charge < -0.3 is 20.4 Å². The first-order valence-corrected chi connectivity index (χ1v) is 8.65. The Morgan fingerprint density at radius 2 is 0.960 bits per heavy atom. The topological polar surface area (TPSA) is 149 Å². The molecule has 6 unspecified atom stereocenters. The molecule has 0 saturated heterocycles. The Kier molecular flexibility index (Phi) is 6.02. The Hall–Kier alpha value is -2.12. The fourth-order valence-corrected chi connectivity index (χ4v) is 4.79. The summed E-state index contributed by atoms with van der Waals surface area (Å²) in [5.74, 6) is -9.55. The summed E-state index contributed by atoms with van der Waals surface area (Å²) in [4.78, 5) is 46.0. The highest BCUT2D eigenvalue weighted by Crippen LogP contribution is 2.44. The summed E-state index contributed by atoms with van der Waals surface area (Å²) in [6.07, 6.45) is 3.07. The number of carboxylic acid groups (broad SMARTS) is 4. The molecule has 140 valence electrons. The Balaban J connectivity index is 2.22. The molecule has 0 amide bonds.